The molecule has 5 rings (SSSR count). The maximum Gasteiger partial charge on any atom is 0.237 e. The van der Waals surface area contributed by atoms with Gasteiger partial charge in [0, 0.05) is 29.2 Å². The van der Waals surface area contributed by atoms with E-state index >= 15 is 4.39 Å². The van der Waals surface area contributed by atoms with Gasteiger partial charge in [0.15, 0.2) is 0 Å². The van der Waals surface area contributed by atoms with Crippen molar-refractivity contribution in [2.45, 2.75) is 55.0 Å². The fourth-order valence-electron chi connectivity index (χ4n) is 6.37. The molecule has 3 aliphatic rings. The Morgan fingerprint density at radius 3 is 2.62 bits per heavy atom. The van der Waals surface area contributed by atoms with Gasteiger partial charge in [0.25, 0.3) is 0 Å². The van der Waals surface area contributed by atoms with Gasteiger partial charge in [-0.2, -0.15) is 0 Å². The van der Waals surface area contributed by atoms with E-state index in [-0.39, 0.29) is 22.4 Å². The van der Waals surface area contributed by atoms with E-state index in [1.165, 1.54) is 6.07 Å². The summed E-state index contributed by atoms with van der Waals surface area (Å²) in [5, 5.41) is 9.73. The Hall–Kier alpha value is -2.15. The monoisotopic (exact) mass is 475 g/mol. The molecule has 8 heteroatoms. The molecule has 1 saturated carbocycles. The lowest BCUT2D eigenvalue weighted by Gasteiger charge is -2.47. The van der Waals surface area contributed by atoms with E-state index in [1.807, 2.05) is 6.07 Å². The van der Waals surface area contributed by atoms with Crippen LogP contribution in [0.2, 0.25) is 10.0 Å². The Bertz CT molecular complexity index is 1120. The molecule has 2 fully saturated rings. The lowest BCUT2D eigenvalue weighted by Crippen LogP contribution is -2.60. The van der Waals surface area contributed by atoms with Gasteiger partial charge in [-0.25, -0.2) is 4.39 Å². The zero-order valence-electron chi connectivity index (χ0n) is 17.6. The third kappa shape index (κ3) is 2.79. The molecule has 168 valence electrons. The van der Waals surface area contributed by atoms with Crippen LogP contribution in [0.3, 0.4) is 0 Å². The highest BCUT2D eigenvalue weighted by Gasteiger charge is 2.72. The van der Waals surface area contributed by atoms with Gasteiger partial charge in [-0.05, 0) is 42.2 Å². The van der Waals surface area contributed by atoms with Crippen LogP contribution in [0.5, 0.6) is 0 Å². The van der Waals surface area contributed by atoms with Crippen LogP contribution in [0.1, 0.15) is 49.1 Å². The average Bonchev–Trinajstić information content (AvgIpc) is 3.23. The molecule has 2 aliphatic heterocycles. The molecule has 5 nitrogen and oxygen atoms in total. The molecule has 0 bridgehead atoms. The Labute approximate surface area is 196 Å². The van der Waals surface area contributed by atoms with E-state index in [2.05, 4.69) is 16.0 Å². The van der Waals surface area contributed by atoms with Crippen molar-refractivity contribution in [2.24, 2.45) is 0 Å². The maximum atomic E-state index is 15.5. The second-order valence-electron chi connectivity index (χ2n) is 8.95. The Morgan fingerprint density at radius 2 is 1.91 bits per heavy atom. The second kappa shape index (κ2) is 7.72. The van der Waals surface area contributed by atoms with Gasteiger partial charge in [0.05, 0.1) is 11.1 Å². The smallest absolute Gasteiger partial charge is 0.237 e. The first kappa shape index (κ1) is 21.7. The first-order chi connectivity index (χ1) is 15.4. The summed E-state index contributed by atoms with van der Waals surface area (Å²) < 4.78 is 15.5. The molecular weight excluding hydrogens is 452 g/mol. The number of hydrogen-bond donors (Lipinski definition) is 3. The van der Waals surface area contributed by atoms with Crippen LogP contribution in [0.15, 0.2) is 36.4 Å². The van der Waals surface area contributed by atoms with Crippen molar-refractivity contribution < 1.29 is 14.0 Å². The second-order valence-corrected chi connectivity index (χ2v) is 9.80. The third-order valence-corrected chi connectivity index (χ3v) is 8.08. The number of hydrogen-bond acceptors (Lipinski definition) is 3. The van der Waals surface area contributed by atoms with E-state index in [9.17, 15) is 9.59 Å². The van der Waals surface area contributed by atoms with Crippen molar-refractivity contribution in [2.75, 3.05) is 12.4 Å². The SMILES string of the molecule is CNC(=O)[C@@H]1NC2(CCCCC2)C2(C(=O)Nc3cc(Cl)ccc32)[C@H]1c1cccc(Cl)c1F. The maximum absolute atomic E-state index is 15.5. The number of likely N-dealkylation sites (N-methyl/N-ethyl adjacent to an activating group) is 1. The largest absolute Gasteiger partial charge is 0.358 e. The van der Waals surface area contributed by atoms with Gasteiger partial charge in [-0.3, -0.25) is 14.9 Å². The summed E-state index contributed by atoms with van der Waals surface area (Å²) in [5.41, 5.74) is -0.267. The summed E-state index contributed by atoms with van der Waals surface area (Å²) in [7, 11) is 1.55. The summed E-state index contributed by atoms with van der Waals surface area (Å²) in [6, 6.07) is 9.28. The summed E-state index contributed by atoms with van der Waals surface area (Å²) in [4.78, 5) is 27.1. The van der Waals surface area contributed by atoms with E-state index in [4.69, 9.17) is 23.2 Å². The highest BCUT2D eigenvalue weighted by molar-refractivity contribution is 6.31. The van der Waals surface area contributed by atoms with Gasteiger partial charge in [0.1, 0.15) is 11.2 Å². The zero-order chi connectivity index (χ0) is 22.7. The molecule has 32 heavy (non-hydrogen) atoms. The molecule has 3 atom stereocenters. The van der Waals surface area contributed by atoms with Crippen molar-refractivity contribution in [1.29, 1.82) is 0 Å². The summed E-state index contributed by atoms with van der Waals surface area (Å²) in [6.07, 6.45) is 4.28. The lowest BCUT2D eigenvalue weighted by molar-refractivity contribution is -0.124. The molecule has 2 heterocycles. The zero-order valence-corrected chi connectivity index (χ0v) is 19.1. The minimum atomic E-state index is -1.18. The molecule has 1 unspecified atom stereocenters. The first-order valence-electron chi connectivity index (χ1n) is 10.9. The number of halogens is 3. The highest BCUT2D eigenvalue weighted by atomic mass is 35.5. The highest BCUT2D eigenvalue weighted by Crippen LogP contribution is 2.62. The standard InChI is InChI=1S/C24H24Cl2FN3O2/c1-28-21(31)20-18(14-6-5-7-16(26)19(14)27)24(23(30-20)10-3-2-4-11-23)15-9-8-13(25)12-17(15)29-22(24)32/h5-9,12,18,20,30H,2-4,10-11H2,1H3,(H,28,31)(H,29,32)/t18-,20+,24?/m0/s1. The number of fused-ring (bicyclic) bond motifs is 3. The Kier molecular flexibility index (Phi) is 5.23. The molecule has 3 N–H and O–H groups in total. The topological polar surface area (TPSA) is 70.2 Å². The predicted octanol–water partition coefficient (Wildman–Crippen LogP) is 4.53. The number of rotatable bonds is 2. The van der Waals surface area contributed by atoms with Gasteiger partial charge < -0.3 is 10.6 Å². The van der Waals surface area contributed by atoms with Crippen LogP contribution in [0.25, 0.3) is 0 Å². The number of nitrogens with one attached hydrogen (secondary N) is 3. The fraction of sp³-hybridized carbons (Fsp3) is 0.417. The molecule has 2 aromatic rings. The van der Waals surface area contributed by atoms with E-state index in [0.29, 0.717) is 23.6 Å². The molecule has 2 aromatic carbocycles. The summed E-state index contributed by atoms with van der Waals surface area (Å²) >= 11 is 12.4. The Morgan fingerprint density at radius 1 is 1.16 bits per heavy atom. The Balaban J connectivity index is 1.85. The molecule has 2 amide bonds. The first-order valence-corrected chi connectivity index (χ1v) is 11.7. The molecular formula is C24H24Cl2FN3O2. The lowest BCUT2D eigenvalue weighted by atomic mass is 9.55. The van der Waals surface area contributed by atoms with Crippen LogP contribution in [0.4, 0.5) is 10.1 Å². The molecule has 1 saturated heterocycles. The number of carbonyl (C=O) groups excluding carboxylic acids is 2. The molecule has 2 spiro atoms. The van der Waals surface area contributed by atoms with E-state index in [1.54, 1.807) is 31.3 Å². The van der Waals surface area contributed by atoms with Crippen molar-refractivity contribution in [3.8, 4) is 0 Å². The van der Waals surface area contributed by atoms with E-state index < -0.39 is 28.7 Å². The third-order valence-electron chi connectivity index (χ3n) is 7.55. The van der Waals surface area contributed by atoms with Crippen molar-refractivity contribution >= 4 is 40.7 Å². The van der Waals surface area contributed by atoms with Crippen molar-refractivity contribution in [1.82, 2.24) is 10.6 Å². The summed E-state index contributed by atoms with van der Waals surface area (Å²) in [6.45, 7) is 0. The molecule has 1 aliphatic carbocycles. The normalized spacial score (nSPS) is 28.1. The van der Waals surface area contributed by atoms with E-state index in [0.717, 1.165) is 24.8 Å². The van der Waals surface area contributed by atoms with Crippen LogP contribution in [0, 0.1) is 5.82 Å². The number of benzene rings is 2. The summed E-state index contributed by atoms with van der Waals surface area (Å²) in [5.74, 6) is -1.91. The van der Waals surface area contributed by atoms with Gasteiger partial charge >= 0.3 is 0 Å². The fourth-order valence-corrected chi connectivity index (χ4v) is 6.73. The van der Waals surface area contributed by atoms with Crippen LogP contribution < -0.4 is 16.0 Å². The molecule has 0 aromatic heterocycles. The van der Waals surface area contributed by atoms with Crippen molar-refractivity contribution in [3.63, 3.8) is 0 Å². The minimum Gasteiger partial charge on any atom is -0.358 e. The number of carbonyl (C=O) groups is 2. The van der Waals surface area contributed by atoms with Crippen LogP contribution in [-0.2, 0) is 15.0 Å². The predicted molar refractivity (Wildman–Crippen MR) is 123 cm³/mol. The van der Waals surface area contributed by atoms with Crippen molar-refractivity contribution in [3.05, 3.63) is 63.4 Å². The number of anilines is 1. The van der Waals surface area contributed by atoms with Gasteiger partial charge in [-0.15, -0.1) is 0 Å². The van der Waals surface area contributed by atoms with Crippen LogP contribution >= 0.6 is 23.2 Å². The molecule has 0 radical (unpaired) electrons. The minimum absolute atomic E-state index is 0.0346. The average molecular weight is 476 g/mol. The number of amides is 2. The van der Waals surface area contributed by atoms with Gasteiger partial charge in [-0.1, -0.05) is 60.7 Å². The van der Waals surface area contributed by atoms with Crippen LogP contribution in [-0.4, -0.2) is 30.4 Å². The quantitative estimate of drug-likeness (QED) is 0.597. The van der Waals surface area contributed by atoms with Gasteiger partial charge in [0.2, 0.25) is 11.8 Å².